The first-order valence-electron chi connectivity index (χ1n) is 5.91. The van der Waals surface area contributed by atoms with Gasteiger partial charge < -0.3 is 9.80 Å². The number of rotatable bonds is 2. The Hall–Kier alpha value is -1.66. The monoisotopic (exact) mass is 283 g/mol. The first-order valence-corrected chi connectivity index (χ1v) is 6.28. The first kappa shape index (κ1) is 13.8. The smallest absolute Gasteiger partial charge is 0.287 e. The van der Waals surface area contributed by atoms with Crippen LogP contribution in [0.15, 0.2) is 18.2 Å². The summed E-state index contributed by atoms with van der Waals surface area (Å²) in [5.74, 6) is -0.134. The maximum Gasteiger partial charge on any atom is 0.287 e. The van der Waals surface area contributed by atoms with Crippen molar-refractivity contribution in [3.05, 3.63) is 38.9 Å². The Kier molecular flexibility index (Phi) is 4.01. The molecule has 0 bridgehead atoms. The van der Waals surface area contributed by atoms with Gasteiger partial charge in [-0.1, -0.05) is 11.6 Å². The summed E-state index contributed by atoms with van der Waals surface area (Å²) in [7, 11) is 2.00. The van der Waals surface area contributed by atoms with E-state index in [1.807, 2.05) is 7.05 Å². The van der Waals surface area contributed by atoms with Gasteiger partial charge in [0.15, 0.2) is 0 Å². The molecule has 1 amide bonds. The van der Waals surface area contributed by atoms with E-state index in [1.165, 1.54) is 18.2 Å². The van der Waals surface area contributed by atoms with E-state index in [-0.39, 0.29) is 16.6 Å². The van der Waals surface area contributed by atoms with Gasteiger partial charge >= 0.3 is 0 Å². The zero-order valence-corrected chi connectivity index (χ0v) is 11.3. The average molecular weight is 284 g/mol. The van der Waals surface area contributed by atoms with Crippen molar-refractivity contribution < 1.29 is 9.72 Å². The van der Waals surface area contributed by atoms with Gasteiger partial charge in [-0.15, -0.1) is 0 Å². The Balaban J connectivity index is 2.16. The number of piperazine rings is 1. The highest BCUT2D eigenvalue weighted by Gasteiger charge is 2.22. The third kappa shape index (κ3) is 3.02. The van der Waals surface area contributed by atoms with Gasteiger partial charge in [0.1, 0.15) is 5.02 Å². The molecule has 1 heterocycles. The summed E-state index contributed by atoms with van der Waals surface area (Å²) in [5, 5.41) is 10.7. The van der Waals surface area contributed by atoms with Crippen LogP contribution in [0.1, 0.15) is 10.4 Å². The molecule has 2 rings (SSSR count). The van der Waals surface area contributed by atoms with Gasteiger partial charge in [-0.05, 0) is 19.2 Å². The molecule has 0 spiro atoms. The molecule has 1 aliphatic rings. The molecular weight excluding hydrogens is 270 g/mol. The molecule has 0 saturated carbocycles. The summed E-state index contributed by atoms with van der Waals surface area (Å²) < 4.78 is 0. The molecule has 102 valence electrons. The lowest BCUT2D eigenvalue weighted by Crippen LogP contribution is -2.47. The minimum atomic E-state index is -0.563. The number of hydrogen-bond donors (Lipinski definition) is 0. The molecule has 7 heteroatoms. The highest BCUT2D eigenvalue weighted by molar-refractivity contribution is 6.33. The maximum absolute atomic E-state index is 12.2. The SMILES string of the molecule is CN1CCN(C(=O)c2ccc([N+](=O)[O-])c(Cl)c2)CC1. The molecule has 0 atom stereocenters. The van der Waals surface area contributed by atoms with Gasteiger partial charge in [-0.3, -0.25) is 14.9 Å². The predicted molar refractivity (Wildman–Crippen MR) is 71.5 cm³/mol. The van der Waals surface area contributed by atoms with Gasteiger partial charge in [0.2, 0.25) is 0 Å². The number of carbonyl (C=O) groups excluding carboxylic acids is 1. The fourth-order valence-corrected chi connectivity index (χ4v) is 2.23. The third-order valence-electron chi connectivity index (χ3n) is 3.18. The molecular formula is C12H14ClN3O3. The van der Waals surface area contributed by atoms with E-state index in [2.05, 4.69) is 4.90 Å². The summed E-state index contributed by atoms with van der Waals surface area (Å²) in [5.41, 5.74) is 0.205. The summed E-state index contributed by atoms with van der Waals surface area (Å²) in [6, 6.07) is 4.08. The van der Waals surface area contributed by atoms with Crippen LogP contribution in [-0.4, -0.2) is 53.9 Å². The zero-order valence-electron chi connectivity index (χ0n) is 10.5. The lowest BCUT2D eigenvalue weighted by molar-refractivity contribution is -0.384. The Morgan fingerprint density at radius 2 is 1.95 bits per heavy atom. The third-order valence-corrected chi connectivity index (χ3v) is 3.48. The van der Waals surface area contributed by atoms with Crippen LogP contribution in [0, 0.1) is 10.1 Å². The molecule has 0 unspecified atom stereocenters. The van der Waals surface area contributed by atoms with Gasteiger partial charge in [-0.25, -0.2) is 0 Å². The van der Waals surface area contributed by atoms with Crippen molar-refractivity contribution in [2.24, 2.45) is 0 Å². The lowest BCUT2D eigenvalue weighted by atomic mass is 10.1. The molecule has 0 radical (unpaired) electrons. The predicted octanol–water partition coefficient (Wildman–Crippen LogP) is 1.64. The number of halogens is 1. The van der Waals surface area contributed by atoms with Crippen molar-refractivity contribution in [1.82, 2.24) is 9.80 Å². The van der Waals surface area contributed by atoms with E-state index in [0.29, 0.717) is 18.7 Å². The van der Waals surface area contributed by atoms with Gasteiger partial charge in [-0.2, -0.15) is 0 Å². The number of amides is 1. The van der Waals surface area contributed by atoms with Gasteiger partial charge in [0.25, 0.3) is 11.6 Å². The van der Waals surface area contributed by atoms with Crippen LogP contribution >= 0.6 is 11.6 Å². The molecule has 19 heavy (non-hydrogen) atoms. The number of nitro groups is 1. The topological polar surface area (TPSA) is 66.7 Å². The summed E-state index contributed by atoms with van der Waals surface area (Å²) in [4.78, 5) is 26.2. The van der Waals surface area contributed by atoms with E-state index >= 15 is 0 Å². The van der Waals surface area contributed by atoms with Crippen LogP contribution in [0.25, 0.3) is 0 Å². The van der Waals surface area contributed by atoms with E-state index in [0.717, 1.165) is 13.1 Å². The fourth-order valence-electron chi connectivity index (χ4n) is 1.98. The van der Waals surface area contributed by atoms with Gasteiger partial charge in [0, 0.05) is 37.8 Å². The number of nitrogens with zero attached hydrogens (tertiary/aromatic N) is 3. The van der Waals surface area contributed by atoms with Crippen LogP contribution in [0.3, 0.4) is 0 Å². The van der Waals surface area contributed by atoms with Crippen molar-refractivity contribution in [3.8, 4) is 0 Å². The largest absolute Gasteiger partial charge is 0.336 e. The highest BCUT2D eigenvalue weighted by atomic mass is 35.5. The van der Waals surface area contributed by atoms with E-state index in [1.54, 1.807) is 4.90 Å². The minimum absolute atomic E-state index is 0.00928. The normalized spacial score (nSPS) is 16.4. The zero-order chi connectivity index (χ0) is 14.0. The van der Waals surface area contributed by atoms with Crippen LogP contribution < -0.4 is 0 Å². The molecule has 1 aromatic rings. The number of nitro benzene ring substituents is 1. The molecule has 0 aliphatic carbocycles. The fraction of sp³-hybridized carbons (Fsp3) is 0.417. The maximum atomic E-state index is 12.2. The second kappa shape index (κ2) is 5.54. The standard InChI is InChI=1S/C12H14ClN3O3/c1-14-4-6-15(7-5-14)12(17)9-2-3-11(16(18)19)10(13)8-9/h2-3,8H,4-7H2,1H3. The average Bonchev–Trinajstić information content (AvgIpc) is 2.38. The van der Waals surface area contributed by atoms with E-state index < -0.39 is 4.92 Å². The second-order valence-corrected chi connectivity index (χ2v) is 4.93. The number of benzene rings is 1. The van der Waals surface area contributed by atoms with Crippen LogP contribution in [-0.2, 0) is 0 Å². The van der Waals surface area contributed by atoms with Crippen molar-refractivity contribution in [1.29, 1.82) is 0 Å². The molecule has 1 aromatic carbocycles. The van der Waals surface area contributed by atoms with Gasteiger partial charge in [0.05, 0.1) is 4.92 Å². The van der Waals surface area contributed by atoms with Crippen molar-refractivity contribution in [2.45, 2.75) is 0 Å². The lowest BCUT2D eigenvalue weighted by Gasteiger charge is -2.32. The number of likely N-dealkylation sites (N-methyl/N-ethyl adjacent to an activating group) is 1. The van der Waals surface area contributed by atoms with E-state index in [9.17, 15) is 14.9 Å². The Labute approximate surface area is 115 Å². The van der Waals surface area contributed by atoms with Crippen LogP contribution in [0.2, 0.25) is 5.02 Å². The van der Waals surface area contributed by atoms with Crippen molar-refractivity contribution >= 4 is 23.2 Å². The van der Waals surface area contributed by atoms with Crippen LogP contribution in [0.4, 0.5) is 5.69 Å². The molecule has 0 N–H and O–H groups in total. The summed E-state index contributed by atoms with van der Waals surface area (Å²) >= 11 is 5.81. The summed E-state index contributed by atoms with van der Waals surface area (Å²) in [6.07, 6.45) is 0. The first-order chi connectivity index (χ1) is 8.99. The number of carbonyl (C=O) groups is 1. The molecule has 6 nitrogen and oxygen atoms in total. The number of hydrogen-bond acceptors (Lipinski definition) is 4. The molecule has 1 saturated heterocycles. The quantitative estimate of drug-likeness (QED) is 0.611. The molecule has 0 aromatic heterocycles. The van der Waals surface area contributed by atoms with Crippen molar-refractivity contribution in [3.63, 3.8) is 0 Å². The molecule has 1 aliphatic heterocycles. The second-order valence-electron chi connectivity index (χ2n) is 4.52. The van der Waals surface area contributed by atoms with E-state index in [4.69, 9.17) is 11.6 Å². The molecule has 1 fully saturated rings. The Bertz CT molecular complexity index is 513. The Morgan fingerprint density at radius 1 is 1.32 bits per heavy atom. The summed E-state index contributed by atoms with van der Waals surface area (Å²) in [6.45, 7) is 2.97. The van der Waals surface area contributed by atoms with Crippen LogP contribution in [0.5, 0.6) is 0 Å². The Morgan fingerprint density at radius 3 is 2.47 bits per heavy atom. The van der Waals surface area contributed by atoms with Crippen molar-refractivity contribution in [2.75, 3.05) is 33.2 Å². The highest BCUT2D eigenvalue weighted by Crippen LogP contribution is 2.25. The minimum Gasteiger partial charge on any atom is -0.336 e.